The number of nitrogens with one attached hydrogen (secondary N) is 1. The lowest BCUT2D eigenvalue weighted by molar-refractivity contribution is 0.495. The molecule has 0 bridgehead atoms. The van der Waals surface area contributed by atoms with E-state index < -0.39 is 11.6 Å². The molecule has 1 nitrogen and oxygen atoms in total. The first kappa shape index (κ1) is 15.9. The monoisotopic (exact) mass is 451 g/mol. The highest BCUT2D eigenvalue weighted by Crippen LogP contribution is 2.29. The normalized spacial score (nSPS) is 12.4. The summed E-state index contributed by atoms with van der Waals surface area (Å²) in [5, 5.41) is 3.15. The molecule has 0 aliphatic carbocycles. The van der Waals surface area contributed by atoms with E-state index in [4.69, 9.17) is 0 Å². The quantitative estimate of drug-likeness (QED) is 0.518. The van der Waals surface area contributed by atoms with Gasteiger partial charge in [-0.3, -0.25) is 0 Å². The molecule has 0 spiro atoms. The van der Waals surface area contributed by atoms with Gasteiger partial charge >= 0.3 is 0 Å². The summed E-state index contributed by atoms with van der Waals surface area (Å²) in [7, 11) is 1.81. The molecule has 1 atom stereocenters. The molecule has 0 heterocycles. The third-order valence-electron chi connectivity index (χ3n) is 3.14. The van der Waals surface area contributed by atoms with E-state index in [-0.39, 0.29) is 10.5 Å². The molecule has 0 saturated heterocycles. The first-order valence-electron chi connectivity index (χ1n) is 6.08. The molecule has 0 aromatic heterocycles. The van der Waals surface area contributed by atoms with Crippen molar-refractivity contribution in [2.24, 2.45) is 0 Å². The van der Waals surface area contributed by atoms with Crippen LogP contribution in [0.25, 0.3) is 0 Å². The van der Waals surface area contributed by atoms with Gasteiger partial charge in [-0.15, -0.1) is 0 Å². The van der Waals surface area contributed by atoms with Gasteiger partial charge in [0, 0.05) is 9.61 Å². The summed E-state index contributed by atoms with van der Waals surface area (Å²) < 4.78 is 28.2. The molecule has 1 N–H and O–H groups in total. The van der Waals surface area contributed by atoms with Crippen LogP contribution in [-0.2, 0) is 6.42 Å². The van der Waals surface area contributed by atoms with Crippen LogP contribution in [-0.4, -0.2) is 7.05 Å². The lowest BCUT2D eigenvalue weighted by atomic mass is 9.99. The maximum absolute atomic E-state index is 13.6. The number of rotatable bonds is 4. The number of hydrogen-bond acceptors (Lipinski definition) is 1. The Labute approximate surface area is 139 Å². The molecule has 1 unspecified atom stereocenters. The maximum Gasteiger partial charge on any atom is 0.173 e. The van der Waals surface area contributed by atoms with Crippen molar-refractivity contribution in [3.8, 4) is 0 Å². The van der Waals surface area contributed by atoms with Gasteiger partial charge in [0.05, 0.1) is 4.47 Å². The fourth-order valence-electron chi connectivity index (χ4n) is 2.03. The molecule has 2 rings (SSSR count). The second-order valence-corrected chi connectivity index (χ2v) is 6.48. The molecule has 0 amide bonds. The summed E-state index contributed by atoms with van der Waals surface area (Å²) in [4.78, 5) is 0. The highest BCUT2D eigenvalue weighted by atomic mass is 127. The zero-order chi connectivity index (χ0) is 14.7. The summed E-state index contributed by atoms with van der Waals surface area (Å²) in [6, 6.07) is 10.8. The van der Waals surface area contributed by atoms with Crippen LogP contribution in [0.2, 0.25) is 0 Å². The van der Waals surface area contributed by atoms with Gasteiger partial charge in [-0.2, -0.15) is 0 Å². The molecular formula is C15H13BrF2IN. The minimum absolute atomic E-state index is 0.0838. The zero-order valence-electron chi connectivity index (χ0n) is 10.8. The third kappa shape index (κ3) is 3.56. The van der Waals surface area contributed by atoms with Gasteiger partial charge in [0.2, 0.25) is 0 Å². The zero-order valence-corrected chi connectivity index (χ0v) is 14.5. The molecule has 20 heavy (non-hydrogen) atoms. The summed E-state index contributed by atoms with van der Waals surface area (Å²) >= 11 is 5.39. The molecule has 5 heteroatoms. The van der Waals surface area contributed by atoms with Gasteiger partial charge in [0.25, 0.3) is 0 Å². The fraction of sp³-hybridized carbons (Fsp3) is 0.200. The Kier molecular flexibility index (Phi) is 5.51. The van der Waals surface area contributed by atoms with E-state index in [0.717, 1.165) is 11.6 Å². The van der Waals surface area contributed by atoms with Gasteiger partial charge in [0.1, 0.15) is 0 Å². The first-order chi connectivity index (χ1) is 9.52. The van der Waals surface area contributed by atoms with Crippen molar-refractivity contribution in [1.82, 2.24) is 5.32 Å². The average molecular weight is 452 g/mol. The topological polar surface area (TPSA) is 12.0 Å². The molecule has 0 aliphatic heterocycles. The highest BCUT2D eigenvalue weighted by Gasteiger charge is 2.18. The van der Waals surface area contributed by atoms with Crippen molar-refractivity contribution in [2.75, 3.05) is 7.05 Å². The predicted molar refractivity (Wildman–Crippen MR) is 88.7 cm³/mol. The van der Waals surface area contributed by atoms with Crippen molar-refractivity contribution < 1.29 is 8.78 Å². The third-order valence-corrected chi connectivity index (χ3v) is 4.67. The Morgan fingerprint density at radius 2 is 1.80 bits per heavy atom. The molecule has 0 saturated carbocycles. The lowest BCUT2D eigenvalue weighted by Crippen LogP contribution is -2.20. The van der Waals surface area contributed by atoms with Gasteiger partial charge in [-0.25, -0.2) is 8.78 Å². The Morgan fingerprint density at radius 3 is 2.40 bits per heavy atom. The second kappa shape index (κ2) is 6.95. The molecule has 0 radical (unpaired) electrons. The smallest absolute Gasteiger partial charge is 0.173 e. The Balaban J connectivity index is 2.29. The largest absolute Gasteiger partial charge is 0.313 e. The standard InChI is InChI=1S/C15H13BrF2IN/c1-20-13(8-9-2-4-10(19)5-3-9)11-6-7-12(17)15(18)14(11)16/h2-7,13,20H,8H2,1H3. The molecule has 0 aliphatic rings. The highest BCUT2D eigenvalue weighted by molar-refractivity contribution is 14.1. The van der Waals surface area contributed by atoms with Crippen LogP contribution < -0.4 is 5.32 Å². The van der Waals surface area contributed by atoms with Crippen LogP contribution in [0.1, 0.15) is 17.2 Å². The van der Waals surface area contributed by atoms with Crippen LogP contribution in [0.3, 0.4) is 0 Å². The van der Waals surface area contributed by atoms with E-state index in [1.165, 1.54) is 3.57 Å². The van der Waals surface area contributed by atoms with Crippen molar-refractivity contribution >= 4 is 38.5 Å². The van der Waals surface area contributed by atoms with Crippen LogP contribution in [0.5, 0.6) is 0 Å². The number of halogens is 4. The van der Waals surface area contributed by atoms with Crippen LogP contribution in [0.4, 0.5) is 8.78 Å². The van der Waals surface area contributed by atoms with Crippen LogP contribution in [0, 0.1) is 15.2 Å². The molecule has 0 fully saturated rings. The summed E-state index contributed by atoms with van der Waals surface area (Å²) in [6.07, 6.45) is 0.705. The summed E-state index contributed by atoms with van der Waals surface area (Å²) in [5.41, 5.74) is 1.85. The van der Waals surface area contributed by atoms with E-state index in [0.29, 0.717) is 12.0 Å². The Morgan fingerprint density at radius 1 is 1.15 bits per heavy atom. The number of hydrogen-bond donors (Lipinski definition) is 1. The van der Waals surface area contributed by atoms with Crippen molar-refractivity contribution in [3.63, 3.8) is 0 Å². The first-order valence-corrected chi connectivity index (χ1v) is 7.95. The van der Waals surface area contributed by atoms with E-state index >= 15 is 0 Å². The molecule has 106 valence electrons. The van der Waals surface area contributed by atoms with Crippen LogP contribution in [0.15, 0.2) is 40.9 Å². The fourth-order valence-corrected chi connectivity index (χ4v) is 2.99. The van der Waals surface area contributed by atoms with E-state index in [1.807, 2.05) is 31.3 Å². The van der Waals surface area contributed by atoms with Crippen LogP contribution >= 0.6 is 38.5 Å². The SMILES string of the molecule is CNC(Cc1ccc(I)cc1)c1ccc(F)c(F)c1Br. The predicted octanol–water partition coefficient (Wildman–Crippen LogP) is 4.84. The average Bonchev–Trinajstić information content (AvgIpc) is 2.45. The van der Waals surface area contributed by atoms with Gasteiger partial charge in [-0.05, 0) is 81.3 Å². The summed E-state index contributed by atoms with van der Waals surface area (Å²) in [6.45, 7) is 0. The number of benzene rings is 2. The number of likely N-dealkylation sites (N-methyl/N-ethyl adjacent to an activating group) is 1. The van der Waals surface area contributed by atoms with Gasteiger partial charge in [-0.1, -0.05) is 18.2 Å². The van der Waals surface area contributed by atoms with Crippen molar-refractivity contribution in [3.05, 3.63) is 67.2 Å². The molecule has 2 aromatic carbocycles. The van der Waals surface area contributed by atoms with E-state index in [9.17, 15) is 8.78 Å². The van der Waals surface area contributed by atoms with Crippen molar-refractivity contribution in [2.45, 2.75) is 12.5 Å². The van der Waals surface area contributed by atoms with E-state index in [1.54, 1.807) is 6.07 Å². The maximum atomic E-state index is 13.6. The minimum Gasteiger partial charge on any atom is -0.313 e. The Hall–Kier alpha value is -0.530. The summed E-state index contributed by atoms with van der Waals surface area (Å²) in [5.74, 6) is -1.69. The molecule has 2 aromatic rings. The van der Waals surface area contributed by atoms with Gasteiger partial charge < -0.3 is 5.32 Å². The van der Waals surface area contributed by atoms with Gasteiger partial charge in [0.15, 0.2) is 11.6 Å². The van der Waals surface area contributed by atoms with Crippen molar-refractivity contribution in [1.29, 1.82) is 0 Å². The minimum atomic E-state index is -0.843. The Bertz CT molecular complexity index is 602. The lowest BCUT2D eigenvalue weighted by Gasteiger charge is -2.19. The molecular weight excluding hydrogens is 439 g/mol. The van der Waals surface area contributed by atoms with E-state index in [2.05, 4.69) is 43.8 Å². The second-order valence-electron chi connectivity index (χ2n) is 4.44.